The van der Waals surface area contributed by atoms with Gasteiger partial charge in [-0.05, 0) is 63.9 Å². The number of allylic oxidation sites excluding steroid dienone is 3. The molecule has 4 rings (SSSR count). The summed E-state index contributed by atoms with van der Waals surface area (Å²) in [4.78, 5) is 15.9. The van der Waals surface area contributed by atoms with E-state index in [0.29, 0.717) is 56.6 Å². The van der Waals surface area contributed by atoms with Gasteiger partial charge in [0.1, 0.15) is 5.84 Å². The minimum atomic E-state index is -2.64. The molecule has 0 aromatic carbocycles. The zero-order valence-corrected chi connectivity index (χ0v) is 22.9. The first-order valence-electron chi connectivity index (χ1n) is 13.9. The van der Waals surface area contributed by atoms with Crippen LogP contribution in [0.25, 0.3) is 0 Å². The smallest absolute Gasteiger partial charge is 0.260 e. The van der Waals surface area contributed by atoms with Gasteiger partial charge in [0.2, 0.25) is 5.91 Å². The molecule has 8 nitrogen and oxygen atoms in total. The molecule has 2 unspecified atom stereocenters. The summed E-state index contributed by atoms with van der Waals surface area (Å²) in [5.74, 6) is -0.196. The molecule has 0 radical (unpaired) electrons. The fourth-order valence-electron chi connectivity index (χ4n) is 6.40. The Labute approximate surface area is 225 Å². The van der Waals surface area contributed by atoms with E-state index in [1.54, 1.807) is 24.9 Å². The lowest BCUT2D eigenvalue weighted by molar-refractivity contribution is -0.128. The van der Waals surface area contributed by atoms with Gasteiger partial charge in [-0.25, -0.2) is 8.78 Å². The Kier molecular flexibility index (Phi) is 9.03. The first-order valence-corrected chi connectivity index (χ1v) is 13.9. The van der Waals surface area contributed by atoms with E-state index in [1.807, 2.05) is 11.8 Å². The average molecular weight is 532 g/mol. The third kappa shape index (κ3) is 5.86. The number of carbonyl (C=O) groups excluding carboxylic acids is 1. The maximum Gasteiger partial charge on any atom is 0.260 e. The number of amides is 1. The summed E-state index contributed by atoms with van der Waals surface area (Å²) in [6.07, 6.45) is 5.02. The first kappa shape index (κ1) is 28.4. The molecule has 0 saturated carbocycles. The van der Waals surface area contributed by atoms with E-state index in [4.69, 9.17) is 5.41 Å². The number of nitrogens with zero attached hydrogens (tertiary/aromatic N) is 2. The molecule has 1 amide bonds. The third-order valence-electron chi connectivity index (χ3n) is 8.67. The van der Waals surface area contributed by atoms with Crippen LogP contribution in [0.1, 0.15) is 52.4 Å². The average Bonchev–Trinajstić information content (AvgIpc) is 2.92. The monoisotopic (exact) mass is 531 g/mol. The molecule has 1 aliphatic carbocycles. The number of piperidine rings is 1. The maximum absolute atomic E-state index is 14.5. The second-order valence-corrected chi connectivity index (χ2v) is 11.3. The Morgan fingerprint density at radius 1 is 1.29 bits per heavy atom. The van der Waals surface area contributed by atoms with Crippen molar-refractivity contribution in [2.75, 3.05) is 46.3 Å². The van der Waals surface area contributed by atoms with E-state index < -0.39 is 17.8 Å². The van der Waals surface area contributed by atoms with Gasteiger partial charge in [0.15, 0.2) is 0 Å². The van der Waals surface area contributed by atoms with Crippen molar-refractivity contribution in [1.29, 1.82) is 10.8 Å². The van der Waals surface area contributed by atoms with Crippen LogP contribution in [-0.2, 0) is 4.79 Å². The second-order valence-electron chi connectivity index (χ2n) is 11.3. The molecule has 4 aliphatic rings. The standard InChI is InChI=1S/C28H43F2N7O/c1-18(38)36-12-8-24(35-20-6-9-34-10-7-20)22(15-36)27(32)37-11-4-5-19-13-23(28(2,16-31)17-33-3)21(26(29)30)14-25(19)37/h14,16,20,23,26,31-35H,4-13,15,17H2,1-3H3. The lowest BCUT2D eigenvalue weighted by Gasteiger charge is -2.43. The van der Waals surface area contributed by atoms with Gasteiger partial charge in [-0.15, -0.1) is 0 Å². The van der Waals surface area contributed by atoms with Crippen LogP contribution in [0.5, 0.6) is 0 Å². The molecule has 3 aliphatic heterocycles. The number of hydrogen-bond donors (Lipinski definition) is 5. The molecule has 38 heavy (non-hydrogen) atoms. The van der Waals surface area contributed by atoms with E-state index in [1.165, 1.54) is 6.21 Å². The summed E-state index contributed by atoms with van der Waals surface area (Å²) in [6.45, 7) is 7.30. The first-order chi connectivity index (χ1) is 18.2. The van der Waals surface area contributed by atoms with Crippen LogP contribution < -0.4 is 16.0 Å². The molecule has 10 heteroatoms. The second kappa shape index (κ2) is 12.1. The van der Waals surface area contributed by atoms with Crippen LogP contribution in [-0.4, -0.2) is 86.5 Å². The van der Waals surface area contributed by atoms with Crippen molar-refractivity contribution in [2.45, 2.75) is 64.8 Å². The van der Waals surface area contributed by atoms with Crippen LogP contribution in [0, 0.1) is 22.2 Å². The van der Waals surface area contributed by atoms with E-state index in [9.17, 15) is 19.0 Å². The number of halogens is 2. The predicted molar refractivity (Wildman–Crippen MR) is 147 cm³/mol. The van der Waals surface area contributed by atoms with Crippen molar-refractivity contribution in [1.82, 2.24) is 25.8 Å². The van der Waals surface area contributed by atoms with Crippen LogP contribution in [0.3, 0.4) is 0 Å². The van der Waals surface area contributed by atoms with Crippen molar-refractivity contribution >= 4 is 18.0 Å². The Balaban J connectivity index is 1.68. The van der Waals surface area contributed by atoms with Gasteiger partial charge in [-0.2, -0.15) is 0 Å². The lowest BCUT2D eigenvalue weighted by atomic mass is 9.67. The van der Waals surface area contributed by atoms with Crippen molar-refractivity contribution in [2.24, 2.45) is 11.3 Å². The molecule has 210 valence electrons. The topological polar surface area (TPSA) is 107 Å². The Bertz CT molecular complexity index is 1030. The van der Waals surface area contributed by atoms with E-state index in [-0.39, 0.29) is 11.5 Å². The van der Waals surface area contributed by atoms with Crippen molar-refractivity contribution in [3.63, 3.8) is 0 Å². The Morgan fingerprint density at radius 3 is 2.66 bits per heavy atom. The molecule has 5 N–H and O–H groups in total. The molecule has 1 saturated heterocycles. The van der Waals surface area contributed by atoms with Gasteiger partial charge in [0.05, 0.1) is 6.54 Å². The highest BCUT2D eigenvalue weighted by atomic mass is 19.3. The fourth-order valence-corrected chi connectivity index (χ4v) is 6.40. The summed E-state index contributed by atoms with van der Waals surface area (Å²) >= 11 is 0. The normalized spacial score (nSPS) is 24.7. The number of hydrogen-bond acceptors (Lipinski definition) is 6. The number of nitrogens with one attached hydrogen (secondary N) is 5. The van der Waals surface area contributed by atoms with Crippen LogP contribution in [0.15, 0.2) is 34.2 Å². The predicted octanol–water partition coefficient (Wildman–Crippen LogP) is 3.25. The number of alkyl halides is 2. The molecule has 0 bridgehead atoms. The number of rotatable bonds is 8. The third-order valence-corrected chi connectivity index (χ3v) is 8.67. The summed E-state index contributed by atoms with van der Waals surface area (Å²) in [6, 6.07) is 0.320. The highest BCUT2D eigenvalue weighted by Crippen LogP contribution is 2.45. The van der Waals surface area contributed by atoms with Gasteiger partial charge >= 0.3 is 0 Å². The van der Waals surface area contributed by atoms with Gasteiger partial charge in [-0.1, -0.05) is 6.92 Å². The summed E-state index contributed by atoms with van der Waals surface area (Å²) < 4.78 is 28.9. The van der Waals surface area contributed by atoms with Gasteiger partial charge < -0.3 is 31.2 Å². The molecular formula is C28H43F2N7O. The van der Waals surface area contributed by atoms with Crippen molar-refractivity contribution in [3.05, 3.63) is 34.2 Å². The largest absolute Gasteiger partial charge is 0.385 e. The summed E-state index contributed by atoms with van der Waals surface area (Å²) in [7, 11) is 1.78. The minimum absolute atomic E-state index is 0.0226. The quantitative estimate of drug-likeness (QED) is 0.244. The molecule has 0 aromatic heterocycles. The molecule has 0 aromatic rings. The van der Waals surface area contributed by atoms with E-state index in [0.717, 1.165) is 55.6 Å². The Morgan fingerprint density at radius 2 is 2.03 bits per heavy atom. The number of carbonyl (C=O) groups is 1. The fraction of sp³-hybridized carbons (Fsp3) is 0.679. The van der Waals surface area contributed by atoms with E-state index >= 15 is 0 Å². The lowest BCUT2D eigenvalue weighted by Crippen LogP contribution is -2.47. The van der Waals surface area contributed by atoms with Crippen molar-refractivity contribution in [3.8, 4) is 0 Å². The maximum atomic E-state index is 14.5. The highest BCUT2D eigenvalue weighted by Gasteiger charge is 2.42. The Hall–Kier alpha value is -2.59. The number of amidine groups is 1. The summed E-state index contributed by atoms with van der Waals surface area (Å²) in [5, 5.41) is 27.5. The zero-order chi connectivity index (χ0) is 27.4. The van der Waals surface area contributed by atoms with Crippen molar-refractivity contribution < 1.29 is 13.6 Å². The molecule has 2 atom stereocenters. The molecule has 3 heterocycles. The minimum Gasteiger partial charge on any atom is -0.385 e. The zero-order valence-electron chi connectivity index (χ0n) is 22.9. The van der Waals surface area contributed by atoms with Gasteiger partial charge in [0.25, 0.3) is 6.43 Å². The SMILES string of the molecule is CNCC(C)(C=N)C1CC2=C(C=C1C(F)F)N(C(=N)C1=C(NC3CCNCC3)CCN(C(C)=O)C1)CCC2. The summed E-state index contributed by atoms with van der Waals surface area (Å²) in [5.41, 5.74) is 2.88. The van der Waals surface area contributed by atoms with Crippen LogP contribution in [0.2, 0.25) is 0 Å². The van der Waals surface area contributed by atoms with Crippen LogP contribution in [0.4, 0.5) is 8.78 Å². The molecule has 1 fully saturated rings. The van der Waals surface area contributed by atoms with Crippen LogP contribution >= 0.6 is 0 Å². The van der Waals surface area contributed by atoms with Gasteiger partial charge in [-0.3, -0.25) is 10.2 Å². The molecule has 0 spiro atoms. The van der Waals surface area contributed by atoms with Gasteiger partial charge in [0, 0.05) is 79.1 Å². The highest BCUT2D eigenvalue weighted by molar-refractivity contribution is 5.99. The molecular weight excluding hydrogens is 488 g/mol. The van der Waals surface area contributed by atoms with E-state index in [2.05, 4.69) is 16.0 Å².